The lowest BCUT2D eigenvalue weighted by atomic mass is 9.98. The molecule has 0 saturated heterocycles. The molecular weight excluding hydrogens is 279 g/mol. The first-order chi connectivity index (χ1) is 8.99. The molecule has 0 spiro atoms. The van der Waals surface area contributed by atoms with Crippen molar-refractivity contribution in [2.24, 2.45) is 0 Å². The van der Waals surface area contributed by atoms with Crippen LogP contribution in [-0.4, -0.2) is 5.78 Å². The van der Waals surface area contributed by atoms with Gasteiger partial charge < -0.3 is 0 Å². The zero-order valence-corrected chi connectivity index (χ0v) is 12.3. The Kier molecular flexibility index (Phi) is 4.28. The molecule has 0 fully saturated rings. The number of carbonyl (C=O) groups excluding carboxylic acids is 1. The van der Waals surface area contributed by atoms with Crippen LogP contribution < -0.4 is 0 Å². The number of ketones is 1. The molecular formula is C16H14Cl2O. The first-order valence-electron chi connectivity index (χ1n) is 6.08. The Morgan fingerprint density at radius 1 is 0.895 bits per heavy atom. The molecule has 0 atom stereocenters. The van der Waals surface area contributed by atoms with Crippen molar-refractivity contribution in [2.45, 2.75) is 19.8 Å². The second-order valence-corrected chi connectivity index (χ2v) is 5.55. The number of hydrogen-bond acceptors (Lipinski definition) is 1. The van der Waals surface area contributed by atoms with Gasteiger partial charge in [0.25, 0.3) is 0 Å². The predicted octanol–water partition coefficient (Wildman–Crippen LogP) is 5.35. The molecule has 0 radical (unpaired) electrons. The van der Waals surface area contributed by atoms with E-state index in [1.54, 1.807) is 18.2 Å². The Hall–Kier alpha value is -1.31. The van der Waals surface area contributed by atoms with Crippen LogP contribution >= 0.6 is 23.2 Å². The molecule has 2 aromatic carbocycles. The Morgan fingerprint density at radius 3 is 2.00 bits per heavy atom. The van der Waals surface area contributed by atoms with Crippen molar-refractivity contribution >= 4 is 29.0 Å². The van der Waals surface area contributed by atoms with Crippen LogP contribution in [0.2, 0.25) is 10.0 Å². The van der Waals surface area contributed by atoms with Gasteiger partial charge in [-0.2, -0.15) is 0 Å². The summed E-state index contributed by atoms with van der Waals surface area (Å²) in [7, 11) is 0. The van der Waals surface area contributed by atoms with Crippen LogP contribution in [0.1, 0.15) is 41.3 Å². The number of benzene rings is 2. The molecule has 2 rings (SSSR count). The third-order valence-corrected chi connectivity index (χ3v) is 3.76. The lowest BCUT2D eigenvalue weighted by molar-refractivity contribution is 0.103. The first kappa shape index (κ1) is 14.1. The van der Waals surface area contributed by atoms with Crippen molar-refractivity contribution < 1.29 is 4.79 Å². The van der Waals surface area contributed by atoms with E-state index in [0.717, 1.165) is 0 Å². The maximum Gasteiger partial charge on any atom is 0.193 e. The van der Waals surface area contributed by atoms with Crippen molar-refractivity contribution in [1.29, 1.82) is 0 Å². The van der Waals surface area contributed by atoms with Gasteiger partial charge in [0.1, 0.15) is 0 Å². The first-order valence-corrected chi connectivity index (χ1v) is 6.84. The Balaban J connectivity index is 2.30. The third-order valence-electron chi connectivity index (χ3n) is 3.02. The number of halogens is 2. The molecule has 0 heterocycles. The molecule has 0 unspecified atom stereocenters. The lowest BCUT2D eigenvalue weighted by Crippen LogP contribution is -2.01. The molecule has 0 aliphatic rings. The summed E-state index contributed by atoms with van der Waals surface area (Å²) in [5.41, 5.74) is 2.42. The molecule has 0 bridgehead atoms. The van der Waals surface area contributed by atoms with Crippen LogP contribution in [0.4, 0.5) is 0 Å². The summed E-state index contributed by atoms with van der Waals surface area (Å²) >= 11 is 11.8. The zero-order chi connectivity index (χ0) is 14.0. The Labute approximate surface area is 123 Å². The number of hydrogen-bond donors (Lipinski definition) is 0. The molecule has 3 heteroatoms. The van der Waals surface area contributed by atoms with Crippen LogP contribution in [0.5, 0.6) is 0 Å². The fourth-order valence-corrected chi connectivity index (χ4v) is 2.12. The second kappa shape index (κ2) is 5.77. The summed E-state index contributed by atoms with van der Waals surface area (Å²) in [6.07, 6.45) is 0. The minimum Gasteiger partial charge on any atom is -0.289 e. The minimum absolute atomic E-state index is 0.0473. The lowest BCUT2D eigenvalue weighted by Gasteiger charge is -2.07. The average Bonchev–Trinajstić information content (AvgIpc) is 2.41. The largest absolute Gasteiger partial charge is 0.289 e. The second-order valence-electron chi connectivity index (χ2n) is 4.73. The van der Waals surface area contributed by atoms with Crippen LogP contribution in [0.25, 0.3) is 0 Å². The summed E-state index contributed by atoms with van der Waals surface area (Å²) in [6, 6.07) is 12.6. The normalized spacial score (nSPS) is 10.8. The molecule has 0 aliphatic carbocycles. The third kappa shape index (κ3) is 3.17. The SMILES string of the molecule is CC(C)c1ccc(C(=O)c2ccc(Cl)c(Cl)c2)cc1. The molecule has 98 valence electrons. The van der Waals surface area contributed by atoms with Crippen molar-refractivity contribution in [3.8, 4) is 0 Å². The van der Waals surface area contributed by atoms with E-state index in [2.05, 4.69) is 13.8 Å². The van der Waals surface area contributed by atoms with Gasteiger partial charge in [-0.25, -0.2) is 0 Å². The zero-order valence-electron chi connectivity index (χ0n) is 10.8. The maximum atomic E-state index is 12.3. The van der Waals surface area contributed by atoms with Gasteiger partial charge in [0, 0.05) is 11.1 Å². The summed E-state index contributed by atoms with van der Waals surface area (Å²) in [4.78, 5) is 12.3. The molecule has 0 aromatic heterocycles. The molecule has 19 heavy (non-hydrogen) atoms. The van der Waals surface area contributed by atoms with E-state index in [0.29, 0.717) is 27.1 Å². The summed E-state index contributed by atoms with van der Waals surface area (Å²) in [5, 5.41) is 0.847. The van der Waals surface area contributed by atoms with Crippen molar-refractivity contribution in [3.63, 3.8) is 0 Å². The van der Waals surface area contributed by atoms with Gasteiger partial charge in [0.2, 0.25) is 0 Å². The maximum absolute atomic E-state index is 12.3. The standard InChI is InChI=1S/C16H14Cl2O/c1-10(2)11-3-5-12(6-4-11)16(19)13-7-8-14(17)15(18)9-13/h3-10H,1-2H3. The predicted molar refractivity (Wildman–Crippen MR) is 80.4 cm³/mol. The minimum atomic E-state index is -0.0473. The molecule has 0 amide bonds. The van der Waals surface area contributed by atoms with Crippen LogP contribution in [0.3, 0.4) is 0 Å². The van der Waals surface area contributed by atoms with E-state index in [1.807, 2.05) is 24.3 Å². The Bertz CT molecular complexity index is 601. The highest BCUT2D eigenvalue weighted by atomic mass is 35.5. The topological polar surface area (TPSA) is 17.1 Å². The van der Waals surface area contributed by atoms with E-state index in [1.165, 1.54) is 5.56 Å². The van der Waals surface area contributed by atoms with E-state index in [-0.39, 0.29) is 5.78 Å². The highest BCUT2D eigenvalue weighted by molar-refractivity contribution is 6.42. The monoisotopic (exact) mass is 292 g/mol. The van der Waals surface area contributed by atoms with E-state index in [9.17, 15) is 4.79 Å². The van der Waals surface area contributed by atoms with Gasteiger partial charge in [-0.3, -0.25) is 4.79 Å². The summed E-state index contributed by atoms with van der Waals surface area (Å²) in [5.74, 6) is 0.406. The highest BCUT2D eigenvalue weighted by Gasteiger charge is 2.11. The fraction of sp³-hybridized carbons (Fsp3) is 0.188. The average molecular weight is 293 g/mol. The van der Waals surface area contributed by atoms with Gasteiger partial charge in [0.05, 0.1) is 10.0 Å². The van der Waals surface area contributed by atoms with Crippen molar-refractivity contribution in [3.05, 3.63) is 69.2 Å². The highest BCUT2D eigenvalue weighted by Crippen LogP contribution is 2.24. The van der Waals surface area contributed by atoms with Crippen LogP contribution in [-0.2, 0) is 0 Å². The number of rotatable bonds is 3. The molecule has 0 aliphatic heterocycles. The van der Waals surface area contributed by atoms with E-state index < -0.39 is 0 Å². The van der Waals surface area contributed by atoms with Gasteiger partial charge in [-0.05, 0) is 29.7 Å². The fourth-order valence-electron chi connectivity index (χ4n) is 1.82. The smallest absolute Gasteiger partial charge is 0.193 e. The molecule has 2 aromatic rings. The van der Waals surface area contributed by atoms with Crippen molar-refractivity contribution in [1.82, 2.24) is 0 Å². The molecule has 1 nitrogen and oxygen atoms in total. The van der Waals surface area contributed by atoms with Gasteiger partial charge in [0.15, 0.2) is 5.78 Å². The van der Waals surface area contributed by atoms with E-state index in [4.69, 9.17) is 23.2 Å². The number of carbonyl (C=O) groups is 1. The van der Waals surface area contributed by atoms with Gasteiger partial charge in [-0.15, -0.1) is 0 Å². The molecule has 0 N–H and O–H groups in total. The van der Waals surface area contributed by atoms with Gasteiger partial charge in [-0.1, -0.05) is 61.3 Å². The van der Waals surface area contributed by atoms with Gasteiger partial charge >= 0.3 is 0 Å². The summed E-state index contributed by atoms with van der Waals surface area (Å²) < 4.78 is 0. The van der Waals surface area contributed by atoms with Crippen molar-refractivity contribution in [2.75, 3.05) is 0 Å². The van der Waals surface area contributed by atoms with E-state index >= 15 is 0 Å². The molecule has 0 saturated carbocycles. The Morgan fingerprint density at radius 2 is 1.47 bits per heavy atom. The quantitative estimate of drug-likeness (QED) is 0.697. The van der Waals surface area contributed by atoms with Crippen LogP contribution in [0, 0.1) is 0 Å². The summed E-state index contributed by atoms with van der Waals surface area (Å²) in [6.45, 7) is 4.24. The van der Waals surface area contributed by atoms with Crippen LogP contribution in [0.15, 0.2) is 42.5 Å².